The van der Waals surface area contributed by atoms with Crippen LogP contribution in [0.5, 0.6) is 5.88 Å². The van der Waals surface area contributed by atoms with Crippen LogP contribution in [0.2, 0.25) is 0 Å². The molecule has 0 saturated heterocycles. The average Bonchev–Trinajstić information content (AvgIpc) is 2.46. The monoisotopic (exact) mass is 271 g/mol. The molecule has 0 fully saturated rings. The van der Waals surface area contributed by atoms with E-state index < -0.39 is 11.9 Å². The summed E-state index contributed by atoms with van der Waals surface area (Å²) >= 11 is 0. The van der Waals surface area contributed by atoms with Gasteiger partial charge >= 0.3 is 0 Å². The number of rotatable bonds is 5. The molecule has 0 spiro atoms. The normalized spacial score (nSPS) is 11.7. The lowest BCUT2D eigenvalue weighted by Crippen LogP contribution is -2.28. The number of carbonyl (C=O) groups is 1. The second-order valence-corrected chi connectivity index (χ2v) is 4.43. The standard InChI is InChI=1S/C15H17N3O2/c1-10-5-3-4-6-12(10)18-14(15(16)19)11-7-8-13(20-2)17-9-11/h3-9,14,18H,1-2H3,(H2,16,19). The van der Waals surface area contributed by atoms with E-state index in [0.29, 0.717) is 11.4 Å². The zero-order chi connectivity index (χ0) is 14.5. The average molecular weight is 271 g/mol. The number of methoxy groups -OCH3 is 1. The molecule has 1 heterocycles. The number of hydrogen-bond donors (Lipinski definition) is 2. The van der Waals surface area contributed by atoms with E-state index in [1.165, 1.54) is 0 Å². The second kappa shape index (κ2) is 6.06. The topological polar surface area (TPSA) is 77.2 Å². The fourth-order valence-electron chi connectivity index (χ4n) is 1.89. The number of aromatic nitrogens is 1. The number of aryl methyl sites for hydroxylation is 1. The lowest BCUT2D eigenvalue weighted by Gasteiger charge is -2.18. The summed E-state index contributed by atoms with van der Waals surface area (Å²) < 4.78 is 5.00. The van der Waals surface area contributed by atoms with Crippen LogP contribution in [0.3, 0.4) is 0 Å². The molecule has 104 valence electrons. The lowest BCUT2D eigenvalue weighted by molar-refractivity contribution is -0.118. The van der Waals surface area contributed by atoms with Crippen molar-refractivity contribution in [2.45, 2.75) is 13.0 Å². The van der Waals surface area contributed by atoms with Gasteiger partial charge < -0.3 is 15.8 Å². The Morgan fingerprint density at radius 3 is 2.60 bits per heavy atom. The second-order valence-electron chi connectivity index (χ2n) is 4.43. The molecule has 1 amide bonds. The largest absolute Gasteiger partial charge is 0.481 e. The molecule has 1 atom stereocenters. The van der Waals surface area contributed by atoms with Crippen LogP contribution in [0.25, 0.3) is 0 Å². The van der Waals surface area contributed by atoms with Gasteiger partial charge in [-0.3, -0.25) is 4.79 Å². The molecular weight excluding hydrogens is 254 g/mol. The molecule has 20 heavy (non-hydrogen) atoms. The molecule has 0 aliphatic heterocycles. The van der Waals surface area contributed by atoms with Crippen LogP contribution in [-0.2, 0) is 4.79 Å². The molecule has 2 aromatic rings. The van der Waals surface area contributed by atoms with E-state index in [1.54, 1.807) is 25.4 Å². The molecule has 0 aliphatic rings. The highest BCUT2D eigenvalue weighted by Gasteiger charge is 2.18. The minimum absolute atomic E-state index is 0.458. The molecule has 1 aromatic carbocycles. The highest BCUT2D eigenvalue weighted by atomic mass is 16.5. The number of ether oxygens (including phenoxy) is 1. The summed E-state index contributed by atoms with van der Waals surface area (Å²) in [7, 11) is 1.54. The van der Waals surface area contributed by atoms with E-state index in [9.17, 15) is 4.79 Å². The van der Waals surface area contributed by atoms with E-state index in [1.807, 2.05) is 31.2 Å². The molecule has 3 N–H and O–H groups in total. The predicted molar refractivity (Wildman–Crippen MR) is 77.5 cm³/mol. The highest BCUT2D eigenvalue weighted by Crippen LogP contribution is 2.22. The number of anilines is 1. The van der Waals surface area contributed by atoms with Crippen molar-refractivity contribution in [3.05, 3.63) is 53.7 Å². The van der Waals surface area contributed by atoms with Gasteiger partial charge in [0.05, 0.1) is 7.11 Å². The van der Waals surface area contributed by atoms with Crippen LogP contribution >= 0.6 is 0 Å². The predicted octanol–water partition coefficient (Wildman–Crippen LogP) is 2.04. The Hall–Kier alpha value is -2.56. The van der Waals surface area contributed by atoms with E-state index >= 15 is 0 Å². The van der Waals surface area contributed by atoms with Crippen molar-refractivity contribution in [1.82, 2.24) is 4.98 Å². The number of nitrogens with zero attached hydrogens (tertiary/aromatic N) is 1. The van der Waals surface area contributed by atoms with Crippen LogP contribution < -0.4 is 15.8 Å². The molecule has 1 aromatic heterocycles. The van der Waals surface area contributed by atoms with Crippen LogP contribution in [0.15, 0.2) is 42.6 Å². The van der Waals surface area contributed by atoms with Crippen molar-refractivity contribution >= 4 is 11.6 Å². The summed E-state index contributed by atoms with van der Waals surface area (Å²) in [6, 6.07) is 10.6. The van der Waals surface area contributed by atoms with Gasteiger partial charge in [0.15, 0.2) is 0 Å². The first-order valence-electron chi connectivity index (χ1n) is 6.23. The number of amides is 1. The molecule has 0 radical (unpaired) electrons. The Bertz CT molecular complexity index is 596. The SMILES string of the molecule is COc1ccc(C(Nc2ccccc2C)C(N)=O)cn1. The van der Waals surface area contributed by atoms with Crippen molar-refractivity contribution in [3.8, 4) is 5.88 Å². The van der Waals surface area contributed by atoms with E-state index in [-0.39, 0.29) is 0 Å². The molecule has 5 nitrogen and oxygen atoms in total. The van der Waals surface area contributed by atoms with E-state index in [2.05, 4.69) is 10.3 Å². The van der Waals surface area contributed by atoms with Crippen molar-refractivity contribution in [1.29, 1.82) is 0 Å². The van der Waals surface area contributed by atoms with Gasteiger partial charge in [-0.25, -0.2) is 4.98 Å². The van der Waals surface area contributed by atoms with Crippen molar-refractivity contribution in [2.75, 3.05) is 12.4 Å². The number of hydrogen-bond acceptors (Lipinski definition) is 4. The summed E-state index contributed by atoms with van der Waals surface area (Å²) in [5, 5.41) is 3.15. The Morgan fingerprint density at radius 2 is 2.05 bits per heavy atom. The first-order valence-corrected chi connectivity index (χ1v) is 6.23. The zero-order valence-electron chi connectivity index (χ0n) is 11.5. The summed E-state index contributed by atoms with van der Waals surface area (Å²) in [4.78, 5) is 15.8. The first kappa shape index (κ1) is 13.9. The number of para-hydroxylation sites is 1. The number of primary amides is 1. The van der Waals surface area contributed by atoms with Crippen LogP contribution in [0, 0.1) is 6.92 Å². The minimum atomic E-state index is -0.630. The fourth-order valence-corrected chi connectivity index (χ4v) is 1.89. The van der Waals surface area contributed by atoms with Gasteiger partial charge in [-0.1, -0.05) is 18.2 Å². The Morgan fingerprint density at radius 1 is 1.30 bits per heavy atom. The van der Waals surface area contributed by atoms with Crippen molar-refractivity contribution < 1.29 is 9.53 Å². The molecule has 0 bridgehead atoms. The van der Waals surface area contributed by atoms with Crippen molar-refractivity contribution in [2.24, 2.45) is 5.73 Å². The number of carbonyl (C=O) groups excluding carboxylic acids is 1. The molecule has 2 rings (SSSR count). The Kier molecular flexibility index (Phi) is 4.20. The fraction of sp³-hybridized carbons (Fsp3) is 0.200. The number of nitrogens with one attached hydrogen (secondary N) is 1. The molecule has 1 unspecified atom stereocenters. The molecule has 0 aliphatic carbocycles. The van der Waals surface area contributed by atoms with Gasteiger partial charge in [-0.2, -0.15) is 0 Å². The minimum Gasteiger partial charge on any atom is -0.481 e. The van der Waals surface area contributed by atoms with Gasteiger partial charge in [-0.05, 0) is 24.6 Å². The van der Waals surface area contributed by atoms with Crippen molar-refractivity contribution in [3.63, 3.8) is 0 Å². The van der Waals surface area contributed by atoms with Crippen LogP contribution in [0.1, 0.15) is 17.2 Å². The van der Waals surface area contributed by atoms with E-state index in [4.69, 9.17) is 10.5 Å². The Balaban J connectivity index is 2.27. The summed E-state index contributed by atoms with van der Waals surface area (Å²) in [6.45, 7) is 1.96. The van der Waals surface area contributed by atoms with Crippen LogP contribution in [-0.4, -0.2) is 18.0 Å². The summed E-state index contributed by atoms with van der Waals surface area (Å²) in [5.41, 5.74) is 8.08. The number of benzene rings is 1. The van der Waals surface area contributed by atoms with Gasteiger partial charge in [0.25, 0.3) is 0 Å². The van der Waals surface area contributed by atoms with Gasteiger partial charge in [0.2, 0.25) is 11.8 Å². The number of nitrogens with two attached hydrogens (primary N) is 1. The third kappa shape index (κ3) is 3.06. The maximum Gasteiger partial charge on any atom is 0.244 e. The quantitative estimate of drug-likeness (QED) is 0.872. The maximum atomic E-state index is 11.7. The van der Waals surface area contributed by atoms with Crippen LogP contribution in [0.4, 0.5) is 5.69 Å². The number of pyridine rings is 1. The third-order valence-electron chi connectivity index (χ3n) is 3.03. The van der Waals surface area contributed by atoms with Gasteiger partial charge in [0.1, 0.15) is 6.04 Å². The third-order valence-corrected chi connectivity index (χ3v) is 3.03. The maximum absolute atomic E-state index is 11.7. The summed E-state index contributed by atoms with van der Waals surface area (Å²) in [5.74, 6) is 0.0353. The highest BCUT2D eigenvalue weighted by molar-refractivity contribution is 5.84. The molecule has 0 saturated carbocycles. The first-order chi connectivity index (χ1) is 9.61. The molecular formula is C15H17N3O2. The van der Waals surface area contributed by atoms with Gasteiger partial charge in [-0.15, -0.1) is 0 Å². The Labute approximate surface area is 117 Å². The lowest BCUT2D eigenvalue weighted by atomic mass is 10.1. The zero-order valence-corrected chi connectivity index (χ0v) is 11.5. The van der Waals surface area contributed by atoms with Gasteiger partial charge in [0, 0.05) is 23.5 Å². The summed E-state index contributed by atoms with van der Waals surface area (Å²) in [6.07, 6.45) is 1.58. The van der Waals surface area contributed by atoms with E-state index in [0.717, 1.165) is 11.3 Å². The smallest absolute Gasteiger partial charge is 0.244 e. The molecule has 5 heteroatoms.